The third-order valence-electron chi connectivity index (χ3n) is 5.57. The summed E-state index contributed by atoms with van der Waals surface area (Å²) in [6.45, 7) is 5.77. The first-order valence-corrected chi connectivity index (χ1v) is 12.9. The maximum Gasteiger partial charge on any atom is 0.408 e. The number of hydrogen-bond acceptors (Lipinski definition) is 13. The van der Waals surface area contributed by atoms with Crippen LogP contribution in [0, 0.1) is 10.1 Å². The molecular formula is C26H30N8O8. The highest BCUT2D eigenvalue weighted by Gasteiger charge is 2.26. The van der Waals surface area contributed by atoms with Gasteiger partial charge in [0, 0.05) is 12.6 Å². The molecule has 16 heteroatoms. The van der Waals surface area contributed by atoms with Crippen LogP contribution < -0.4 is 10.6 Å². The van der Waals surface area contributed by atoms with Gasteiger partial charge < -0.3 is 24.8 Å². The molecule has 4 aromatic rings. The van der Waals surface area contributed by atoms with Gasteiger partial charge >= 0.3 is 17.7 Å². The number of nitro groups is 1. The summed E-state index contributed by atoms with van der Waals surface area (Å²) >= 11 is 0. The van der Waals surface area contributed by atoms with E-state index in [0.29, 0.717) is 24.5 Å². The number of nitro benzene ring substituents is 1. The largest absolute Gasteiger partial charge is 0.459 e. The highest BCUT2D eigenvalue weighted by atomic mass is 16.6. The van der Waals surface area contributed by atoms with Crippen LogP contribution in [0.2, 0.25) is 0 Å². The number of ether oxygens (including phenoxy) is 3. The summed E-state index contributed by atoms with van der Waals surface area (Å²) in [6, 6.07) is 10.9. The zero-order valence-corrected chi connectivity index (χ0v) is 23.2. The SMILES string of the molecule is CC(C)(C)OC(=O)N[C@@H](COCc1cn(CCNc2ccc([N+](=O)[O-])c3nonc23)nn1)C(=O)OCc1ccccc1. The topological polar surface area (TPSA) is 199 Å². The van der Waals surface area contributed by atoms with Crippen molar-refractivity contribution < 1.29 is 33.4 Å². The van der Waals surface area contributed by atoms with E-state index in [-0.39, 0.29) is 36.5 Å². The standard InChI is InChI=1S/C26H30N8O8/c1-26(2,3)41-25(36)28-20(24(35)40-14-17-7-5-4-6-8-17)16-39-15-18-13-33(32-29-18)12-11-27-19-9-10-21(34(37)38)23-22(19)30-42-31-23/h4-10,13,20,27H,11-12,14-16H2,1-3H3,(H,28,36)/t20-/m0/s1. The Morgan fingerprint density at radius 2 is 1.86 bits per heavy atom. The van der Waals surface area contributed by atoms with Gasteiger partial charge in [0.1, 0.15) is 17.9 Å². The fourth-order valence-electron chi connectivity index (χ4n) is 3.69. The van der Waals surface area contributed by atoms with E-state index < -0.39 is 28.6 Å². The van der Waals surface area contributed by atoms with Gasteiger partial charge in [-0.05, 0) is 42.7 Å². The van der Waals surface area contributed by atoms with Crippen molar-refractivity contribution in [1.82, 2.24) is 30.6 Å². The maximum absolute atomic E-state index is 12.8. The van der Waals surface area contributed by atoms with Gasteiger partial charge in [-0.1, -0.05) is 35.5 Å². The van der Waals surface area contributed by atoms with Crippen molar-refractivity contribution in [2.24, 2.45) is 0 Å². The molecular weight excluding hydrogens is 552 g/mol. The Kier molecular flexibility index (Phi) is 9.59. The summed E-state index contributed by atoms with van der Waals surface area (Å²) in [7, 11) is 0. The van der Waals surface area contributed by atoms with Gasteiger partial charge in [0.2, 0.25) is 5.52 Å². The lowest BCUT2D eigenvalue weighted by Gasteiger charge is -2.23. The van der Waals surface area contributed by atoms with Crippen molar-refractivity contribution >= 4 is 34.5 Å². The van der Waals surface area contributed by atoms with Crippen LogP contribution in [0.25, 0.3) is 11.0 Å². The summed E-state index contributed by atoms with van der Waals surface area (Å²) in [6.07, 6.45) is 0.882. The van der Waals surface area contributed by atoms with Crippen LogP contribution in [0.15, 0.2) is 53.3 Å². The van der Waals surface area contributed by atoms with E-state index >= 15 is 0 Å². The van der Waals surface area contributed by atoms with E-state index in [1.807, 2.05) is 30.3 Å². The van der Waals surface area contributed by atoms with Gasteiger partial charge in [-0.15, -0.1) is 5.10 Å². The lowest BCUT2D eigenvalue weighted by Crippen LogP contribution is -2.46. The van der Waals surface area contributed by atoms with E-state index in [9.17, 15) is 19.7 Å². The number of amides is 1. The van der Waals surface area contributed by atoms with Crippen molar-refractivity contribution in [2.75, 3.05) is 18.5 Å². The summed E-state index contributed by atoms with van der Waals surface area (Å²) in [5.74, 6) is -0.679. The zero-order chi connectivity index (χ0) is 30.1. The predicted octanol–water partition coefficient (Wildman–Crippen LogP) is 2.99. The summed E-state index contributed by atoms with van der Waals surface area (Å²) in [5, 5.41) is 32.2. The second-order valence-electron chi connectivity index (χ2n) is 10.1. The molecule has 4 rings (SSSR count). The number of carbonyl (C=O) groups excluding carboxylic acids is 2. The monoisotopic (exact) mass is 582 g/mol. The molecule has 0 saturated heterocycles. The van der Waals surface area contributed by atoms with Gasteiger partial charge in [0.15, 0.2) is 11.6 Å². The second-order valence-corrected chi connectivity index (χ2v) is 10.1. The van der Waals surface area contributed by atoms with Crippen molar-refractivity contribution in [3.63, 3.8) is 0 Å². The molecule has 2 aromatic carbocycles. The molecule has 0 radical (unpaired) electrons. The van der Waals surface area contributed by atoms with Gasteiger partial charge in [0.25, 0.3) is 0 Å². The molecule has 0 aliphatic heterocycles. The Bertz CT molecular complexity index is 1520. The molecule has 16 nitrogen and oxygen atoms in total. The van der Waals surface area contributed by atoms with E-state index in [1.54, 1.807) is 31.6 Å². The molecule has 0 fully saturated rings. The molecule has 0 aliphatic rings. The first kappa shape index (κ1) is 29.9. The molecule has 2 N–H and O–H groups in total. The molecule has 0 aliphatic carbocycles. The minimum atomic E-state index is -1.12. The number of nitrogens with zero attached hydrogens (tertiary/aromatic N) is 6. The number of aromatic nitrogens is 5. The van der Waals surface area contributed by atoms with Crippen LogP contribution in [0.1, 0.15) is 32.0 Å². The van der Waals surface area contributed by atoms with E-state index in [2.05, 4.69) is 35.9 Å². The molecule has 222 valence electrons. The molecule has 42 heavy (non-hydrogen) atoms. The number of nitrogens with one attached hydrogen (secondary N) is 2. The van der Waals surface area contributed by atoms with Gasteiger partial charge in [-0.3, -0.25) is 14.8 Å². The van der Waals surface area contributed by atoms with Crippen LogP contribution in [-0.4, -0.2) is 67.1 Å². The van der Waals surface area contributed by atoms with E-state index in [0.717, 1.165) is 5.56 Å². The Morgan fingerprint density at radius 1 is 1.10 bits per heavy atom. The van der Waals surface area contributed by atoms with Crippen LogP contribution in [0.3, 0.4) is 0 Å². The van der Waals surface area contributed by atoms with E-state index in [4.69, 9.17) is 14.2 Å². The Hall–Kier alpha value is -5.12. The fourth-order valence-corrected chi connectivity index (χ4v) is 3.69. The normalized spacial score (nSPS) is 12.1. The lowest BCUT2D eigenvalue weighted by molar-refractivity contribution is -0.383. The van der Waals surface area contributed by atoms with Crippen molar-refractivity contribution in [1.29, 1.82) is 0 Å². The minimum Gasteiger partial charge on any atom is -0.459 e. The number of fused-ring (bicyclic) bond motifs is 1. The number of non-ortho nitro benzene ring substituents is 1. The van der Waals surface area contributed by atoms with Crippen molar-refractivity contribution in [3.8, 4) is 0 Å². The van der Waals surface area contributed by atoms with Crippen molar-refractivity contribution in [2.45, 2.75) is 52.2 Å². The molecule has 1 atom stereocenters. The lowest BCUT2D eigenvalue weighted by atomic mass is 10.2. The maximum atomic E-state index is 12.8. The molecule has 0 bridgehead atoms. The van der Waals surface area contributed by atoms with Gasteiger partial charge in [-0.25, -0.2) is 14.2 Å². The molecule has 0 unspecified atom stereocenters. The molecule has 2 heterocycles. The number of benzene rings is 2. The highest BCUT2D eigenvalue weighted by Crippen LogP contribution is 2.28. The predicted molar refractivity (Wildman–Crippen MR) is 146 cm³/mol. The Morgan fingerprint density at radius 3 is 2.60 bits per heavy atom. The molecule has 2 aromatic heterocycles. The fraction of sp³-hybridized carbons (Fsp3) is 0.385. The molecule has 0 spiro atoms. The number of anilines is 1. The number of esters is 1. The van der Waals surface area contributed by atoms with Gasteiger partial charge in [-0.2, -0.15) is 0 Å². The summed E-state index contributed by atoms with van der Waals surface area (Å²) in [4.78, 5) is 35.7. The van der Waals surface area contributed by atoms with Crippen molar-refractivity contribution in [3.05, 3.63) is 70.0 Å². The highest BCUT2D eigenvalue weighted by molar-refractivity contribution is 5.93. The number of carbonyl (C=O) groups is 2. The average molecular weight is 583 g/mol. The smallest absolute Gasteiger partial charge is 0.408 e. The van der Waals surface area contributed by atoms with E-state index in [1.165, 1.54) is 12.1 Å². The zero-order valence-electron chi connectivity index (χ0n) is 23.2. The second kappa shape index (κ2) is 13.5. The van der Waals surface area contributed by atoms with Crippen LogP contribution in [0.4, 0.5) is 16.2 Å². The van der Waals surface area contributed by atoms with Crippen LogP contribution in [0.5, 0.6) is 0 Å². The third kappa shape index (κ3) is 8.44. The summed E-state index contributed by atoms with van der Waals surface area (Å²) < 4.78 is 22.5. The molecule has 0 saturated carbocycles. The number of alkyl carbamates (subject to hydrolysis) is 1. The first-order chi connectivity index (χ1) is 20.1. The summed E-state index contributed by atoms with van der Waals surface area (Å²) in [5.41, 5.74) is 1.13. The van der Waals surface area contributed by atoms with Crippen LogP contribution >= 0.6 is 0 Å². The quantitative estimate of drug-likeness (QED) is 0.133. The Balaban J connectivity index is 1.28. The number of rotatable bonds is 13. The Labute approximate surface area is 239 Å². The minimum absolute atomic E-state index is 0.0134. The van der Waals surface area contributed by atoms with Crippen LogP contribution in [-0.2, 0) is 38.8 Å². The third-order valence-corrected chi connectivity index (χ3v) is 5.57. The average Bonchev–Trinajstić information content (AvgIpc) is 3.61. The van der Waals surface area contributed by atoms with Gasteiger partial charge in [0.05, 0.1) is 36.6 Å². The molecule has 1 amide bonds. The first-order valence-electron chi connectivity index (χ1n) is 12.9. The number of hydrogen-bond donors (Lipinski definition) is 2.